The molecule has 1 aromatic heterocycles. The molecule has 0 radical (unpaired) electrons. The van der Waals surface area contributed by atoms with E-state index >= 15 is 0 Å². The number of nitro groups is 1. The summed E-state index contributed by atoms with van der Waals surface area (Å²) < 4.78 is 1.56. The van der Waals surface area contributed by atoms with Crippen LogP contribution in [0.15, 0.2) is 0 Å². The van der Waals surface area contributed by atoms with E-state index in [4.69, 9.17) is 0 Å². The minimum absolute atomic E-state index is 0.000444. The molecule has 7 heteroatoms. The van der Waals surface area contributed by atoms with Crippen molar-refractivity contribution in [3.05, 3.63) is 21.5 Å². The van der Waals surface area contributed by atoms with E-state index in [9.17, 15) is 14.9 Å². The Morgan fingerprint density at radius 2 is 2.17 bits per heavy atom. The van der Waals surface area contributed by atoms with Crippen LogP contribution in [0.3, 0.4) is 0 Å². The molecule has 2 aliphatic rings. The van der Waals surface area contributed by atoms with Gasteiger partial charge in [-0.3, -0.25) is 19.6 Å². The van der Waals surface area contributed by atoms with Gasteiger partial charge in [-0.25, -0.2) is 0 Å². The number of fused-ring (bicyclic) bond motifs is 2. The van der Waals surface area contributed by atoms with Gasteiger partial charge in [0.15, 0.2) is 0 Å². The smallest absolute Gasteiger partial charge is 0.312 e. The van der Waals surface area contributed by atoms with Gasteiger partial charge in [-0.2, -0.15) is 5.10 Å². The van der Waals surface area contributed by atoms with Crippen LogP contribution in [0.5, 0.6) is 0 Å². The number of carbonyl (C=O) groups is 1. The average molecular weight is 334 g/mol. The molecule has 132 valence electrons. The van der Waals surface area contributed by atoms with Gasteiger partial charge in [-0.1, -0.05) is 6.42 Å². The highest BCUT2D eigenvalue weighted by atomic mass is 16.6. The molecule has 2 bridgehead atoms. The third-order valence-electron chi connectivity index (χ3n) is 5.90. The van der Waals surface area contributed by atoms with Crippen LogP contribution in [0.4, 0.5) is 5.69 Å². The summed E-state index contributed by atoms with van der Waals surface area (Å²) in [4.78, 5) is 22.9. The lowest BCUT2D eigenvalue weighted by Crippen LogP contribution is -2.40. The van der Waals surface area contributed by atoms with Crippen LogP contribution in [0.2, 0.25) is 0 Å². The van der Waals surface area contributed by atoms with E-state index in [2.05, 4.69) is 17.3 Å². The summed E-state index contributed by atoms with van der Waals surface area (Å²) in [6.45, 7) is 5.78. The lowest BCUT2D eigenvalue weighted by atomic mass is 9.84. The number of rotatable bonds is 6. The molecule has 0 spiro atoms. The van der Waals surface area contributed by atoms with Gasteiger partial charge in [-0.05, 0) is 57.8 Å². The molecule has 0 saturated heterocycles. The van der Waals surface area contributed by atoms with Gasteiger partial charge >= 0.3 is 5.69 Å². The van der Waals surface area contributed by atoms with Crippen molar-refractivity contribution >= 4 is 11.6 Å². The fourth-order valence-electron chi connectivity index (χ4n) is 4.72. The maximum atomic E-state index is 12.2. The van der Waals surface area contributed by atoms with E-state index in [1.807, 2.05) is 0 Å². The maximum absolute atomic E-state index is 12.2. The maximum Gasteiger partial charge on any atom is 0.312 e. The SMILES string of the molecule is Cc1nn(CCC(=O)N[C@H](C)[C@@H]2C[C@H]3CC[C@H]2C3)c(C)c1[N+](=O)[O-]. The van der Waals surface area contributed by atoms with Crippen LogP contribution in [0, 0.1) is 41.7 Å². The Kier molecular flexibility index (Phi) is 4.60. The Balaban J connectivity index is 1.53. The summed E-state index contributed by atoms with van der Waals surface area (Å²) in [7, 11) is 0. The fourth-order valence-corrected chi connectivity index (χ4v) is 4.72. The van der Waals surface area contributed by atoms with Gasteiger partial charge in [-0.15, -0.1) is 0 Å². The number of aryl methyl sites for hydroxylation is 2. The largest absolute Gasteiger partial charge is 0.353 e. The molecule has 1 heterocycles. The molecule has 2 fully saturated rings. The first kappa shape index (κ1) is 16.9. The van der Waals surface area contributed by atoms with Crippen LogP contribution in [-0.2, 0) is 11.3 Å². The average Bonchev–Trinajstić information content (AvgIpc) is 3.19. The number of nitrogens with one attached hydrogen (secondary N) is 1. The molecular formula is C17H26N4O3. The fraction of sp³-hybridized carbons (Fsp3) is 0.765. The molecule has 1 aromatic rings. The minimum Gasteiger partial charge on any atom is -0.353 e. The second-order valence-corrected chi connectivity index (χ2v) is 7.44. The molecule has 1 N–H and O–H groups in total. The summed E-state index contributed by atoms with van der Waals surface area (Å²) in [5.74, 6) is 2.27. The first-order valence-electron chi connectivity index (χ1n) is 8.84. The molecule has 0 unspecified atom stereocenters. The number of hydrogen-bond acceptors (Lipinski definition) is 4. The Morgan fingerprint density at radius 1 is 1.42 bits per heavy atom. The molecule has 0 aromatic carbocycles. The van der Waals surface area contributed by atoms with Gasteiger partial charge in [0, 0.05) is 12.5 Å². The molecule has 2 aliphatic carbocycles. The van der Waals surface area contributed by atoms with Crippen molar-refractivity contribution in [3.8, 4) is 0 Å². The van der Waals surface area contributed by atoms with E-state index in [1.165, 1.54) is 25.7 Å². The van der Waals surface area contributed by atoms with E-state index in [0.717, 1.165) is 11.8 Å². The highest BCUT2D eigenvalue weighted by Crippen LogP contribution is 2.49. The molecular weight excluding hydrogens is 308 g/mol. The van der Waals surface area contributed by atoms with Crippen molar-refractivity contribution in [1.29, 1.82) is 0 Å². The Morgan fingerprint density at radius 3 is 2.71 bits per heavy atom. The lowest BCUT2D eigenvalue weighted by Gasteiger charge is -2.28. The molecule has 2 saturated carbocycles. The Hall–Kier alpha value is -1.92. The monoisotopic (exact) mass is 334 g/mol. The van der Waals surface area contributed by atoms with Crippen molar-refractivity contribution in [3.63, 3.8) is 0 Å². The molecule has 3 rings (SSSR count). The topological polar surface area (TPSA) is 90.1 Å². The predicted octanol–water partition coefficient (Wildman–Crippen LogP) is 2.74. The number of nitrogens with zero attached hydrogens (tertiary/aromatic N) is 3. The van der Waals surface area contributed by atoms with Crippen LogP contribution in [0.1, 0.15) is 50.4 Å². The lowest BCUT2D eigenvalue weighted by molar-refractivity contribution is -0.386. The van der Waals surface area contributed by atoms with Crippen LogP contribution >= 0.6 is 0 Å². The second kappa shape index (κ2) is 6.53. The van der Waals surface area contributed by atoms with Crippen LogP contribution in [0.25, 0.3) is 0 Å². The van der Waals surface area contributed by atoms with Gasteiger partial charge in [0.25, 0.3) is 0 Å². The summed E-state index contributed by atoms with van der Waals surface area (Å²) >= 11 is 0. The zero-order valence-corrected chi connectivity index (χ0v) is 14.6. The number of carbonyl (C=O) groups excluding carboxylic acids is 1. The van der Waals surface area contributed by atoms with Gasteiger partial charge in [0.1, 0.15) is 11.4 Å². The van der Waals surface area contributed by atoms with E-state index < -0.39 is 4.92 Å². The van der Waals surface area contributed by atoms with E-state index in [0.29, 0.717) is 30.3 Å². The minimum atomic E-state index is -0.411. The van der Waals surface area contributed by atoms with E-state index in [1.54, 1.807) is 18.5 Å². The molecule has 1 amide bonds. The van der Waals surface area contributed by atoms with Gasteiger partial charge < -0.3 is 5.32 Å². The zero-order chi connectivity index (χ0) is 17.4. The summed E-state index contributed by atoms with van der Waals surface area (Å²) in [5.41, 5.74) is 0.950. The highest BCUT2D eigenvalue weighted by Gasteiger charge is 2.42. The zero-order valence-electron chi connectivity index (χ0n) is 14.6. The van der Waals surface area contributed by atoms with E-state index in [-0.39, 0.29) is 17.6 Å². The van der Waals surface area contributed by atoms with Gasteiger partial charge in [0.05, 0.1) is 11.5 Å². The van der Waals surface area contributed by atoms with Crippen molar-refractivity contribution in [1.82, 2.24) is 15.1 Å². The molecule has 7 nitrogen and oxygen atoms in total. The highest BCUT2D eigenvalue weighted by molar-refractivity contribution is 5.76. The summed E-state index contributed by atoms with van der Waals surface area (Å²) in [5, 5.41) is 18.3. The van der Waals surface area contributed by atoms with Crippen LogP contribution < -0.4 is 5.32 Å². The Bertz CT molecular complexity index is 655. The molecule has 0 aliphatic heterocycles. The second-order valence-electron chi connectivity index (χ2n) is 7.44. The number of aromatic nitrogens is 2. The van der Waals surface area contributed by atoms with Crippen LogP contribution in [-0.4, -0.2) is 26.7 Å². The molecule has 4 atom stereocenters. The quantitative estimate of drug-likeness (QED) is 0.640. The predicted molar refractivity (Wildman–Crippen MR) is 89.5 cm³/mol. The van der Waals surface area contributed by atoms with Gasteiger partial charge in [0.2, 0.25) is 5.91 Å². The third kappa shape index (κ3) is 3.16. The van der Waals surface area contributed by atoms with Crippen molar-refractivity contribution in [2.75, 3.05) is 0 Å². The number of hydrogen-bond donors (Lipinski definition) is 1. The summed E-state index contributed by atoms with van der Waals surface area (Å²) in [6.07, 6.45) is 5.55. The summed E-state index contributed by atoms with van der Waals surface area (Å²) in [6, 6.07) is 0.211. The molecule has 24 heavy (non-hydrogen) atoms. The Labute approximate surface area is 142 Å². The first-order chi connectivity index (χ1) is 11.4. The van der Waals surface area contributed by atoms with Crippen molar-refractivity contribution in [2.45, 2.75) is 65.5 Å². The number of amides is 1. The normalized spacial score (nSPS) is 26.5. The third-order valence-corrected chi connectivity index (χ3v) is 5.90. The standard InChI is InChI=1S/C17H26N4O3/c1-10(15-9-13-4-5-14(15)8-13)18-16(22)6-7-20-12(3)17(21(23)24)11(2)19-20/h10,13-15H,4-9H2,1-3H3,(H,18,22)/t10-,13+,14+,15+/m1/s1. The van der Waals surface area contributed by atoms with Crippen molar-refractivity contribution in [2.24, 2.45) is 17.8 Å². The first-order valence-corrected chi connectivity index (χ1v) is 8.84. The van der Waals surface area contributed by atoms with Crippen molar-refractivity contribution < 1.29 is 9.72 Å².